The molecule has 3 aromatic carbocycles. The van der Waals surface area contributed by atoms with Crippen molar-refractivity contribution in [2.24, 2.45) is 0 Å². The Bertz CT molecular complexity index is 847. The number of hydrogen-bond donors (Lipinski definition) is 1. The Balaban J connectivity index is 1.59. The summed E-state index contributed by atoms with van der Waals surface area (Å²) in [6, 6.07) is 21.7. The summed E-state index contributed by atoms with van der Waals surface area (Å²) in [4.78, 5) is 0. The first-order valence-corrected chi connectivity index (χ1v) is 8.82. The van der Waals surface area contributed by atoms with Crippen LogP contribution in [-0.4, -0.2) is 0 Å². The summed E-state index contributed by atoms with van der Waals surface area (Å²) in [5.74, 6) is 0.844. The van der Waals surface area contributed by atoms with Gasteiger partial charge < -0.3 is 10.1 Å². The second-order valence-corrected chi connectivity index (χ2v) is 6.72. The quantitative estimate of drug-likeness (QED) is 0.534. The average Bonchev–Trinajstić information content (AvgIpc) is 2.63. The molecule has 2 nitrogen and oxygen atoms in total. The fraction of sp³-hybridized carbons (Fsp3) is 0.143. The van der Waals surface area contributed by atoms with E-state index in [4.69, 9.17) is 27.9 Å². The Morgan fingerprint density at radius 2 is 1.68 bits per heavy atom. The van der Waals surface area contributed by atoms with Crippen LogP contribution in [0.2, 0.25) is 10.0 Å². The maximum atomic E-state index is 6.16. The highest BCUT2D eigenvalue weighted by molar-refractivity contribution is 6.31. The highest BCUT2D eigenvalue weighted by Crippen LogP contribution is 2.21. The van der Waals surface area contributed by atoms with E-state index in [-0.39, 0.29) is 0 Å². The predicted octanol–water partition coefficient (Wildman–Crippen LogP) is 6.49. The van der Waals surface area contributed by atoms with Crippen LogP contribution < -0.4 is 10.1 Å². The molecule has 3 rings (SSSR count). The first kappa shape index (κ1) is 17.7. The Labute approximate surface area is 158 Å². The summed E-state index contributed by atoms with van der Waals surface area (Å²) in [6.45, 7) is 3.22. The van der Waals surface area contributed by atoms with E-state index in [1.54, 1.807) is 0 Å². The van der Waals surface area contributed by atoms with Gasteiger partial charge >= 0.3 is 0 Å². The molecule has 0 saturated heterocycles. The number of rotatable bonds is 6. The van der Waals surface area contributed by atoms with Crippen LogP contribution in [0.15, 0.2) is 66.7 Å². The average molecular weight is 372 g/mol. The lowest BCUT2D eigenvalue weighted by Gasteiger charge is -2.10. The largest absolute Gasteiger partial charge is 0.489 e. The number of halogens is 2. The number of benzene rings is 3. The van der Waals surface area contributed by atoms with E-state index < -0.39 is 0 Å². The van der Waals surface area contributed by atoms with Gasteiger partial charge in [0.25, 0.3) is 0 Å². The van der Waals surface area contributed by atoms with Crippen LogP contribution in [0.25, 0.3) is 0 Å². The van der Waals surface area contributed by atoms with Gasteiger partial charge in [-0.05, 0) is 60.0 Å². The minimum atomic E-state index is 0.515. The predicted molar refractivity (Wildman–Crippen MR) is 106 cm³/mol. The van der Waals surface area contributed by atoms with Crippen LogP contribution >= 0.6 is 23.2 Å². The topological polar surface area (TPSA) is 21.3 Å². The molecule has 0 aliphatic heterocycles. The first-order valence-electron chi connectivity index (χ1n) is 8.06. The molecule has 0 aliphatic rings. The molecule has 0 aromatic heterocycles. The molecule has 0 aliphatic carbocycles. The van der Waals surface area contributed by atoms with E-state index >= 15 is 0 Å². The van der Waals surface area contributed by atoms with E-state index in [0.717, 1.165) is 38.2 Å². The van der Waals surface area contributed by atoms with Crippen LogP contribution in [0.4, 0.5) is 5.69 Å². The van der Waals surface area contributed by atoms with Gasteiger partial charge in [-0.2, -0.15) is 0 Å². The van der Waals surface area contributed by atoms with Crippen molar-refractivity contribution in [3.8, 4) is 5.75 Å². The third-order valence-corrected chi connectivity index (χ3v) is 4.54. The van der Waals surface area contributed by atoms with Gasteiger partial charge in [0, 0.05) is 22.3 Å². The summed E-state index contributed by atoms with van der Waals surface area (Å²) in [5.41, 5.74) is 4.31. The molecule has 128 valence electrons. The van der Waals surface area contributed by atoms with Gasteiger partial charge in [-0.15, -0.1) is 0 Å². The van der Waals surface area contributed by atoms with Gasteiger partial charge in [0.2, 0.25) is 0 Å². The van der Waals surface area contributed by atoms with Gasteiger partial charge in [-0.3, -0.25) is 0 Å². The van der Waals surface area contributed by atoms with Crippen molar-refractivity contribution in [3.05, 3.63) is 93.5 Å². The highest BCUT2D eigenvalue weighted by Gasteiger charge is 2.01. The number of ether oxygens (including phenoxy) is 1. The SMILES string of the molecule is Cc1ccc(NCc2cccc(OCc3ccc(Cl)cc3)c2)cc1Cl. The van der Waals surface area contributed by atoms with Crippen molar-refractivity contribution >= 4 is 28.9 Å². The monoisotopic (exact) mass is 371 g/mol. The number of anilines is 1. The number of aryl methyl sites for hydroxylation is 1. The van der Waals surface area contributed by atoms with Gasteiger partial charge in [-0.1, -0.05) is 53.5 Å². The van der Waals surface area contributed by atoms with Crippen LogP contribution in [-0.2, 0) is 13.2 Å². The second kappa shape index (κ2) is 8.28. The smallest absolute Gasteiger partial charge is 0.120 e. The molecule has 0 radical (unpaired) electrons. The van der Waals surface area contributed by atoms with Crippen LogP contribution in [0.1, 0.15) is 16.7 Å². The molecular formula is C21H19Cl2NO. The molecule has 25 heavy (non-hydrogen) atoms. The van der Waals surface area contributed by atoms with E-state index in [9.17, 15) is 0 Å². The van der Waals surface area contributed by atoms with Crippen LogP contribution in [0.5, 0.6) is 5.75 Å². The Kier molecular flexibility index (Phi) is 5.85. The lowest BCUT2D eigenvalue weighted by atomic mass is 10.2. The summed E-state index contributed by atoms with van der Waals surface area (Å²) in [7, 11) is 0. The first-order chi connectivity index (χ1) is 12.1. The standard InChI is InChI=1S/C21H19Cl2NO/c1-15-5-10-19(12-21(15)23)24-13-17-3-2-4-20(11-17)25-14-16-6-8-18(22)9-7-16/h2-12,24H,13-14H2,1H3. The molecule has 0 spiro atoms. The minimum absolute atomic E-state index is 0.515. The van der Waals surface area contributed by atoms with Crippen molar-refractivity contribution in [1.29, 1.82) is 0 Å². The zero-order valence-corrected chi connectivity index (χ0v) is 15.4. The van der Waals surface area contributed by atoms with Crippen LogP contribution in [0.3, 0.4) is 0 Å². The van der Waals surface area contributed by atoms with Crippen molar-refractivity contribution in [2.75, 3.05) is 5.32 Å². The van der Waals surface area contributed by atoms with Crippen molar-refractivity contribution in [1.82, 2.24) is 0 Å². The fourth-order valence-corrected chi connectivity index (χ4v) is 2.71. The van der Waals surface area contributed by atoms with E-state index in [1.807, 2.05) is 67.6 Å². The lowest BCUT2D eigenvalue weighted by Crippen LogP contribution is -2.01. The third kappa shape index (κ3) is 5.15. The van der Waals surface area contributed by atoms with Crippen LogP contribution in [0, 0.1) is 6.92 Å². The van der Waals surface area contributed by atoms with Crippen molar-refractivity contribution in [3.63, 3.8) is 0 Å². The van der Waals surface area contributed by atoms with Gasteiger partial charge in [0.1, 0.15) is 12.4 Å². The Morgan fingerprint density at radius 3 is 2.44 bits per heavy atom. The second-order valence-electron chi connectivity index (χ2n) is 5.88. The molecule has 0 saturated carbocycles. The summed E-state index contributed by atoms with van der Waals surface area (Å²) < 4.78 is 5.87. The van der Waals surface area contributed by atoms with Gasteiger partial charge in [-0.25, -0.2) is 0 Å². The molecule has 0 bridgehead atoms. The zero-order valence-electron chi connectivity index (χ0n) is 13.9. The normalized spacial score (nSPS) is 10.5. The summed E-state index contributed by atoms with van der Waals surface area (Å²) in [5, 5.41) is 4.88. The molecular weight excluding hydrogens is 353 g/mol. The molecule has 0 amide bonds. The fourth-order valence-electron chi connectivity index (χ4n) is 2.40. The molecule has 0 fully saturated rings. The minimum Gasteiger partial charge on any atom is -0.489 e. The van der Waals surface area contributed by atoms with E-state index in [0.29, 0.717) is 13.2 Å². The van der Waals surface area contributed by atoms with E-state index in [1.165, 1.54) is 0 Å². The molecule has 0 unspecified atom stereocenters. The maximum absolute atomic E-state index is 6.16. The number of nitrogens with one attached hydrogen (secondary N) is 1. The van der Waals surface area contributed by atoms with Gasteiger partial charge in [0.05, 0.1) is 0 Å². The maximum Gasteiger partial charge on any atom is 0.120 e. The van der Waals surface area contributed by atoms with Gasteiger partial charge in [0.15, 0.2) is 0 Å². The molecule has 0 heterocycles. The summed E-state index contributed by atoms with van der Waals surface area (Å²) in [6.07, 6.45) is 0. The zero-order chi connectivity index (χ0) is 17.6. The Hall–Kier alpha value is -2.16. The van der Waals surface area contributed by atoms with Crippen molar-refractivity contribution < 1.29 is 4.74 Å². The molecule has 1 N–H and O–H groups in total. The third-order valence-electron chi connectivity index (χ3n) is 3.89. The van der Waals surface area contributed by atoms with E-state index in [2.05, 4.69) is 11.4 Å². The highest BCUT2D eigenvalue weighted by atomic mass is 35.5. The molecule has 0 atom stereocenters. The lowest BCUT2D eigenvalue weighted by molar-refractivity contribution is 0.306. The van der Waals surface area contributed by atoms with Crippen molar-refractivity contribution in [2.45, 2.75) is 20.1 Å². The number of hydrogen-bond acceptors (Lipinski definition) is 2. The Morgan fingerprint density at radius 1 is 0.880 bits per heavy atom. The molecule has 4 heteroatoms. The molecule has 3 aromatic rings. The summed E-state index contributed by atoms with van der Waals surface area (Å²) >= 11 is 12.1.